The molecule has 0 aliphatic heterocycles. The Morgan fingerprint density at radius 1 is 1.14 bits per heavy atom. The fourth-order valence-electron chi connectivity index (χ4n) is 2.39. The van der Waals surface area contributed by atoms with Crippen LogP contribution in [0.1, 0.15) is 53.5 Å². The van der Waals surface area contributed by atoms with Crippen molar-refractivity contribution < 1.29 is 4.39 Å². The van der Waals surface area contributed by atoms with Crippen molar-refractivity contribution in [2.45, 2.75) is 58.2 Å². The van der Waals surface area contributed by atoms with E-state index in [4.69, 9.17) is 23.2 Å². The average molecular weight is 443 g/mol. The smallest absolute Gasteiger partial charge is 0.141 e. The van der Waals surface area contributed by atoms with E-state index in [0.29, 0.717) is 22.8 Å². The summed E-state index contributed by atoms with van der Waals surface area (Å²) in [4.78, 5) is 4.38. The van der Waals surface area contributed by atoms with Gasteiger partial charge in [-0.15, -0.1) is 6.58 Å². The molecule has 1 N–H and O–H groups in total. The Hall–Kier alpha value is -1.07. The van der Waals surface area contributed by atoms with Crippen molar-refractivity contribution in [1.82, 2.24) is 9.71 Å². The summed E-state index contributed by atoms with van der Waals surface area (Å²) in [5, 5.41) is 0.428. The molecule has 0 aliphatic carbocycles. The number of hydrogen-bond donors (Lipinski definition) is 1. The molecule has 0 aliphatic rings. The fraction of sp³-hybridized carbons (Fsp3) is 0.409. The molecule has 28 heavy (non-hydrogen) atoms. The minimum atomic E-state index is -0.461. The molecule has 1 heterocycles. The molecule has 154 valence electrons. The van der Waals surface area contributed by atoms with Crippen molar-refractivity contribution in [3.63, 3.8) is 0 Å². The largest absolute Gasteiger partial charge is 0.253 e. The summed E-state index contributed by atoms with van der Waals surface area (Å²) in [7, 11) is 0. The average Bonchev–Trinajstić information content (AvgIpc) is 2.63. The SMILES string of the molecule is C=CCC(C)(NSC(C)(C)C)c1cc(Cl)nc(-c2ccc(F)c(Cl)c2)c1.CC. The van der Waals surface area contributed by atoms with Gasteiger partial charge in [0.2, 0.25) is 0 Å². The van der Waals surface area contributed by atoms with Crippen LogP contribution in [0.3, 0.4) is 0 Å². The van der Waals surface area contributed by atoms with E-state index in [2.05, 4.69) is 44.0 Å². The third-order valence-corrected chi connectivity index (χ3v) is 5.43. The third kappa shape index (κ3) is 7.07. The molecule has 0 radical (unpaired) electrons. The van der Waals surface area contributed by atoms with Crippen LogP contribution in [0, 0.1) is 5.82 Å². The van der Waals surface area contributed by atoms with Crippen LogP contribution in [0.25, 0.3) is 11.3 Å². The lowest BCUT2D eigenvalue weighted by molar-refractivity contribution is 0.459. The highest BCUT2D eigenvalue weighted by Gasteiger charge is 2.28. The predicted molar refractivity (Wildman–Crippen MR) is 124 cm³/mol. The van der Waals surface area contributed by atoms with Crippen LogP contribution in [-0.4, -0.2) is 9.73 Å². The molecule has 2 aromatic rings. The Kier molecular flexibility index (Phi) is 9.48. The molecule has 0 spiro atoms. The van der Waals surface area contributed by atoms with Gasteiger partial charge in [0.1, 0.15) is 11.0 Å². The number of rotatable bonds is 6. The quantitative estimate of drug-likeness (QED) is 0.278. The van der Waals surface area contributed by atoms with Gasteiger partial charge >= 0.3 is 0 Å². The molecule has 0 saturated heterocycles. The first-order chi connectivity index (χ1) is 13.0. The van der Waals surface area contributed by atoms with Crippen molar-refractivity contribution >= 4 is 35.1 Å². The number of aromatic nitrogens is 1. The van der Waals surface area contributed by atoms with Crippen molar-refractivity contribution in [3.8, 4) is 11.3 Å². The van der Waals surface area contributed by atoms with Crippen molar-refractivity contribution in [2.24, 2.45) is 0 Å². The van der Waals surface area contributed by atoms with Crippen LogP contribution >= 0.6 is 35.1 Å². The normalized spacial score (nSPS) is 13.3. The maximum Gasteiger partial charge on any atom is 0.141 e. The molecule has 2 rings (SSSR count). The molecule has 2 nitrogen and oxygen atoms in total. The molecule has 0 bridgehead atoms. The molecule has 0 amide bonds. The predicted octanol–water partition coefficient (Wildman–Crippen LogP) is 8.05. The van der Waals surface area contributed by atoms with Gasteiger partial charge in [-0.1, -0.05) is 55.1 Å². The van der Waals surface area contributed by atoms with Gasteiger partial charge in [-0.25, -0.2) is 9.37 Å². The van der Waals surface area contributed by atoms with E-state index in [1.807, 2.05) is 32.1 Å². The van der Waals surface area contributed by atoms with E-state index in [-0.39, 0.29) is 15.3 Å². The monoisotopic (exact) mass is 442 g/mol. The lowest BCUT2D eigenvalue weighted by Crippen LogP contribution is -2.37. The highest BCUT2D eigenvalue weighted by Crippen LogP contribution is 2.35. The van der Waals surface area contributed by atoms with E-state index in [1.165, 1.54) is 6.07 Å². The first-order valence-electron chi connectivity index (χ1n) is 9.24. The molecular formula is C22H29Cl2FN2S. The van der Waals surface area contributed by atoms with Gasteiger partial charge < -0.3 is 0 Å². The number of nitrogens with zero attached hydrogens (tertiary/aromatic N) is 1. The number of hydrogen-bond acceptors (Lipinski definition) is 3. The van der Waals surface area contributed by atoms with Gasteiger partial charge in [-0.05, 0) is 70.0 Å². The van der Waals surface area contributed by atoms with Crippen molar-refractivity contribution in [1.29, 1.82) is 0 Å². The zero-order chi connectivity index (χ0) is 21.5. The molecule has 1 aromatic heterocycles. The summed E-state index contributed by atoms with van der Waals surface area (Å²) in [5.74, 6) is -0.461. The van der Waals surface area contributed by atoms with Crippen LogP contribution in [0.2, 0.25) is 10.2 Å². The zero-order valence-corrected chi connectivity index (χ0v) is 19.7. The van der Waals surface area contributed by atoms with Gasteiger partial charge in [0.05, 0.1) is 16.3 Å². The molecule has 0 fully saturated rings. The summed E-state index contributed by atoms with van der Waals surface area (Å²) in [5.41, 5.74) is 1.95. The number of halogens is 3. The third-order valence-electron chi connectivity index (χ3n) is 3.78. The summed E-state index contributed by atoms with van der Waals surface area (Å²) in [6.07, 6.45) is 2.58. The molecule has 1 atom stereocenters. The highest BCUT2D eigenvalue weighted by atomic mass is 35.5. The van der Waals surface area contributed by atoms with Crippen molar-refractivity contribution in [3.05, 3.63) is 64.5 Å². The Morgan fingerprint density at radius 3 is 2.32 bits per heavy atom. The van der Waals surface area contributed by atoms with Crippen LogP contribution in [0.5, 0.6) is 0 Å². The Bertz CT molecular complexity index is 806. The zero-order valence-electron chi connectivity index (χ0n) is 17.4. The second kappa shape index (κ2) is 10.6. The second-order valence-corrected chi connectivity index (χ2v) is 9.76. The van der Waals surface area contributed by atoms with E-state index in [0.717, 1.165) is 5.56 Å². The summed E-state index contributed by atoms with van der Waals surface area (Å²) in [6, 6.07) is 8.33. The minimum Gasteiger partial charge on any atom is -0.253 e. The Balaban J connectivity index is 0.00000190. The molecule has 1 aromatic carbocycles. The van der Waals surface area contributed by atoms with Crippen LogP contribution in [-0.2, 0) is 5.54 Å². The first-order valence-corrected chi connectivity index (χ1v) is 10.8. The minimum absolute atomic E-state index is 0.0482. The van der Waals surface area contributed by atoms with Crippen LogP contribution < -0.4 is 4.72 Å². The second-order valence-electron chi connectivity index (χ2n) is 7.33. The molecule has 0 saturated carbocycles. The molecular weight excluding hydrogens is 414 g/mol. The Labute approximate surface area is 183 Å². The van der Waals surface area contributed by atoms with Crippen LogP contribution in [0.15, 0.2) is 43.0 Å². The van der Waals surface area contributed by atoms with E-state index in [1.54, 1.807) is 24.1 Å². The Morgan fingerprint density at radius 2 is 1.79 bits per heavy atom. The summed E-state index contributed by atoms with van der Waals surface area (Å²) < 4.78 is 17.1. The van der Waals surface area contributed by atoms with Gasteiger partial charge in [0, 0.05) is 10.3 Å². The van der Waals surface area contributed by atoms with E-state index < -0.39 is 5.82 Å². The topological polar surface area (TPSA) is 24.9 Å². The highest BCUT2D eigenvalue weighted by molar-refractivity contribution is 7.98. The number of benzene rings is 1. The van der Waals surface area contributed by atoms with Crippen LogP contribution in [0.4, 0.5) is 4.39 Å². The molecule has 1 unspecified atom stereocenters. The lowest BCUT2D eigenvalue weighted by Gasteiger charge is -2.33. The maximum atomic E-state index is 13.5. The fourth-order valence-corrected chi connectivity index (χ4v) is 3.51. The van der Waals surface area contributed by atoms with Gasteiger partial charge in [-0.3, -0.25) is 4.72 Å². The summed E-state index contributed by atoms with van der Waals surface area (Å²) in [6.45, 7) is 16.4. The van der Waals surface area contributed by atoms with Crippen molar-refractivity contribution in [2.75, 3.05) is 0 Å². The van der Waals surface area contributed by atoms with Gasteiger partial charge in [-0.2, -0.15) is 0 Å². The summed E-state index contributed by atoms with van der Waals surface area (Å²) >= 11 is 13.9. The maximum absolute atomic E-state index is 13.5. The van der Waals surface area contributed by atoms with E-state index in [9.17, 15) is 4.39 Å². The van der Waals surface area contributed by atoms with Gasteiger partial charge in [0.15, 0.2) is 0 Å². The van der Waals surface area contributed by atoms with E-state index >= 15 is 0 Å². The molecule has 6 heteroatoms. The standard InChI is InChI=1S/C20H23Cl2FN2S.C2H6/c1-6-9-20(5,25-26-19(2,3)4)14-11-17(24-18(22)12-14)13-7-8-16(23)15(21)10-13;1-2/h6-8,10-12,25H,1,9H2,2-5H3;1-2H3. The lowest BCUT2D eigenvalue weighted by atomic mass is 9.89. The number of pyridine rings is 1. The first kappa shape index (κ1) is 25.0. The number of nitrogens with one attached hydrogen (secondary N) is 1. The van der Waals surface area contributed by atoms with Gasteiger partial charge in [0.25, 0.3) is 0 Å².